The summed E-state index contributed by atoms with van der Waals surface area (Å²) in [5.74, 6) is 1.55. The lowest BCUT2D eigenvalue weighted by Crippen LogP contribution is -2.36. The number of aromatic nitrogens is 2. The SMILES string of the molecule is COc1cccc(-c2csc3nc(-c4ccccc4)n(C4CCN(C)CC4)c(=O)c23)c1. The molecule has 2 aromatic heterocycles. The highest BCUT2D eigenvalue weighted by atomic mass is 32.1. The van der Waals surface area contributed by atoms with E-state index in [1.165, 1.54) is 11.3 Å². The number of methoxy groups -OCH3 is 1. The predicted octanol–water partition coefficient (Wildman–Crippen LogP) is 5.07. The molecule has 2 aromatic carbocycles. The number of hydrogen-bond acceptors (Lipinski definition) is 5. The maximum atomic E-state index is 14.0. The third-order valence-corrected chi connectivity index (χ3v) is 6.98. The molecular weight excluding hydrogens is 406 g/mol. The number of hydrogen-bond donors (Lipinski definition) is 0. The largest absolute Gasteiger partial charge is 0.497 e. The van der Waals surface area contributed by atoms with Crippen LogP contribution in [0.2, 0.25) is 0 Å². The number of piperidine rings is 1. The Morgan fingerprint density at radius 1 is 1.03 bits per heavy atom. The zero-order valence-electron chi connectivity index (χ0n) is 17.7. The maximum Gasteiger partial charge on any atom is 0.263 e. The van der Waals surface area contributed by atoms with Crippen LogP contribution in [-0.4, -0.2) is 41.7 Å². The number of nitrogens with zero attached hydrogens (tertiary/aromatic N) is 3. The molecule has 0 aliphatic carbocycles. The summed E-state index contributed by atoms with van der Waals surface area (Å²) in [6.07, 6.45) is 1.89. The van der Waals surface area contributed by atoms with Crippen molar-refractivity contribution in [3.63, 3.8) is 0 Å². The van der Waals surface area contributed by atoms with Crippen LogP contribution in [0.5, 0.6) is 5.75 Å². The highest BCUT2D eigenvalue weighted by Gasteiger charge is 2.25. The first-order valence-electron chi connectivity index (χ1n) is 10.6. The molecular formula is C25H25N3O2S. The topological polar surface area (TPSA) is 47.4 Å². The van der Waals surface area contributed by atoms with Gasteiger partial charge in [-0.1, -0.05) is 42.5 Å². The van der Waals surface area contributed by atoms with E-state index in [1.54, 1.807) is 7.11 Å². The summed E-state index contributed by atoms with van der Waals surface area (Å²) in [5.41, 5.74) is 2.94. The summed E-state index contributed by atoms with van der Waals surface area (Å²) in [7, 11) is 3.80. The molecule has 6 heteroatoms. The molecule has 0 spiro atoms. The van der Waals surface area contributed by atoms with Gasteiger partial charge in [0.05, 0.1) is 12.5 Å². The number of benzene rings is 2. The Morgan fingerprint density at radius 3 is 2.52 bits per heavy atom. The fourth-order valence-corrected chi connectivity index (χ4v) is 5.33. The second-order valence-corrected chi connectivity index (χ2v) is 8.93. The van der Waals surface area contributed by atoms with E-state index in [2.05, 4.69) is 11.9 Å². The Kier molecular flexibility index (Phi) is 5.34. The predicted molar refractivity (Wildman–Crippen MR) is 127 cm³/mol. The van der Waals surface area contributed by atoms with Crippen molar-refractivity contribution in [2.45, 2.75) is 18.9 Å². The molecule has 5 nitrogen and oxygen atoms in total. The van der Waals surface area contributed by atoms with E-state index in [0.717, 1.165) is 59.0 Å². The molecule has 3 heterocycles. The number of ether oxygens (including phenoxy) is 1. The third-order valence-electron chi connectivity index (χ3n) is 6.11. The van der Waals surface area contributed by atoms with Crippen LogP contribution in [0.4, 0.5) is 0 Å². The minimum Gasteiger partial charge on any atom is -0.497 e. The summed E-state index contributed by atoms with van der Waals surface area (Å²) in [6.45, 7) is 1.96. The molecule has 1 aliphatic rings. The smallest absolute Gasteiger partial charge is 0.263 e. The highest BCUT2D eigenvalue weighted by molar-refractivity contribution is 7.17. The van der Waals surface area contributed by atoms with Crippen LogP contribution in [0.15, 0.2) is 64.8 Å². The lowest BCUT2D eigenvalue weighted by molar-refractivity contribution is 0.219. The van der Waals surface area contributed by atoms with E-state index in [-0.39, 0.29) is 11.6 Å². The van der Waals surface area contributed by atoms with Crippen molar-refractivity contribution in [2.24, 2.45) is 0 Å². The first-order valence-corrected chi connectivity index (χ1v) is 11.5. The lowest BCUT2D eigenvalue weighted by atomic mass is 10.0. The second-order valence-electron chi connectivity index (χ2n) is 8.07. The second kappa shape index (κ2) is 8.29. The van der Waals surface area contributed by atoms with Gasteiger partial charge in [-0.05, 0) is 50.7 Å². The summed E-state index contributed by atoms with van der Waals surface area (Å²) in [5, 5.41) is 2.75. The lowest BCUT2D eigenvalue weighted by Gasteiger charge is -2.31. The van der Waals surface area contributed by atoms with E-state index in [0.29, 0.717) is 5.39 Å². The number of fused-ring (bicyclic) bond motifs is 1. The first kappa shape index (κ1) is 20.0. The van der Waals surface area contributed by atoms with E-state index in [9.17, 15) is 4.79 Å². The van der Waals surface area contributed by atoms with Gasteiger partial charge in [-0.2, -0.15) is 0 Å². The number of likely N-dealkylation sites (tertiary alicyclic amines) is 1. The molecule has 4 aromatic rings. The van der Waals surface area contributed by atoms with Gasteiger partial charge in [-0.15, -0.1) is 11.3 Å². The van der Waals surface area contributed by atoms with Crippen molar-refractivity contribution in [3.05, 3.63) is 70.3 Å². The molecule has 0 atom stereocenters. The number of thiophene rings is 1. The molecule has 31 heavy (non-hydrogen) atoms. The minimum absolute atomic E-state index is 0.0532. The van der Waals surface area contributed by atoms with Crippen LogP contribution in [0, 0.1) is 0 Å². The zero-order chi connectivity index (χ0) is 21.4. The van der Waals surface area contributed by atoms with E-state index < -0.39 is 0 Å². The van der Waals surface area contributed by atoms with Crippen LogP contribution in [-0.2, 0) is 0 Å². The van der Waals surface area contributed by atoms with E-state index >= 15 is 0 Å². The standard InChI is InChI=1S/C25H25N3O2S/c1-27-13-11-19(12-14-27)28-23(17-7-4-3-5-8-17)26-24-22(25(28)29)21(16-31-24)18-9-6-10-20(15-18)30-2/h3-10,15-16,19H,11-14H2,1-2H3. The third kappa shape index (κ3) is 3.66. The van der Waals surface area contributed by atoms with Gasteiger partial charge in [-0.3, -0.25) is 9.36 Å². The van der Waals surface area contributed by atoms with Crippen molar-refractivity contribution in [1.29, 1.82) is 0 Å². The van der Waals surface area contributed by atoms with Crippen LogP contribution in [0.25, 0.3) is 32.7 Å². The van der Waals surface area contributed by atoms with Crippen molar-refractivity contribution < 1.29 is 4.74 Å². The Labute approximate surface area is 185 Å². The fourth-order valence-electron chi connectivity index (χ4n) is 4.39. The molecule has 5 rings (SSSR count). The molecule has 1 fully saturated rings. The van der Waals surface area contributed by atoms with Crippen molar-refractivity contribution >= 4 is 21.6 Å². The minimum atomic E-state index is 0.0532. The van der Waals surface area contributed by atoms with Crippen LogP contribution < -0.4 is 10.3 Å². The molecule has 1 aliphatic heterocycles. The molecule has 158 valence electrons. The summed E-state index contributed by atoms with van der Waals surface area (Å²) >= 11 is 1.53. The molecule has 0 unspecified atom stereocenters. The molecule has 0 amide bonds. The Hall–Kier alpha value is -2.96. The quantitative estimate of drug-likeness (QED) is 0.453. The van der Waals surface area contributed by atoms with Gasteiger partial charge in [-0.25, -0.2) is 4.98 Å². The normalized spacial score (nSPS) is 15.4. The van der Waals surface area contributed by atoms with Gasteiger partial charge in [0, 0.05) is 22.5 Å². The van der Waals surface area contributed by atoms with Gasteiger partial charge in [0.2, 0.25) is 0 Å². The van der Waals surface area contributed by atoms with Gasteiger partial charge < -0.3 is 9.64 Å². The highest BCUT2D eigenvalue weighted by Crippen LogP contribution is 2.35. The van der Waals surface area contributed by atoms with E-state index in [4.69, 9.17) is 9.72 Å². The Morgan fingerprint density at radius 2 is 1.77 bits per heavy atom. The fraction of sp³-hybridized carbons (Fsp3) is 0.280. The Balaban J connectivity index is 1.74. The molecule has 0 saturated carbocycles. The summed E-state index contributed by atoms with van der Waals surface area (Å²) in [4.78, 5) is 22.1. The van der Waals surface area contributed by atoms with Crippen LogP contribution in [0.1, 0.15) is 18.9 Å². The zero-order valence-corrected chi connectivity index (χ0v) is 18.6. The Bertz CT molecular complexity index is 1270. The maximum absolute atomic E-state index is 14.0. The van der Waals surface area contributed by atoms with Gasteiger partial charge in [0.15, 0.2) is 0 Å². The monoisotopic (exact) mass is 431 g/mol. The van der Waals surface area contributed by atoms with Crippen molar-refractivity contribution in [3.8, 4) is 28.3 Å². The van der Waals surface area contributed by atoms with Gasteiger partial charge in [0.1, 0.15) is 16.4 Å². The molecule has 1 saturated heterocycles. The molecule has 0 radical (unpaired) electrons. The van der Waals surface area contributed by atoms with Crippen LogP contribution in [0.3, 0.4) is 0 Å². The van der Waals surface area contributed by atoms with E-state index in [1.807, 2.05) is 64.5 Å². The summed E-state index contributed by atoms with van der Waals surface area (Å²) < 4.78 is 7.36. The summed E-state index contributed by atoms with van der Waals surface area (Å²) in [6, 6.07) is 18.1. The molecule has 0 bridgehead atoms. The van der Waals surface area contributed by atoms with Crippen LogP contribution >= 0.6 is 11.3 Å². The van der Waals surface area contributed by atoms with Crippen molar-refractivity contribution in [1.82, 2.24) is 14.5 Å². The average Bonchev–Trinajstić information content (AvgIpc) is 3.25. The van der Waals surface area contributed by atoms with Crippen molar-refractivity contribution in [2.75, 3.05) is 27.2 Å². The van der Waals surface area contributed by atoms with Gasteiger partial charge in [0.25, 0.3) is 5.56 Å². The molecule has 0 N–H and O–H groups in total. The average molecular weight is 432 g/mol. The number of rotatable bonds is 4. The van der Waals surface area contributed by atoms with Gasteiger partial charge >= 0.3 is 0 Å². The first-order chi connectivity index (χ1) is 15.2.